The highest BCUT2D eigenvalue weighted by molar-refractivity contribution is 6.30. The minimum Gasteiger partial charge on any atom is -0.336 e. The Morgan fingerprint density at radius 2 is 1.80 bits per heavy atom. The molecule has 0 aromatic heterocycles. The summed E-state index contributed by atoms with van der Waals surface area (Å²) < 4.78 is 0. The van der Waals surface area contributed by atoms with Crippen molar-refractivity contribution in [2.24, 2.45) is 0 Å². The van der Waals surface area contributed by atoms with Crippen LogP contribution in [0.1, 0.15) is 27.5 Å². The molecule has 4 nitrogen and oxygen atoms in total. The fraction of sp³-hybridized carbons (Fsp3) is 0.300. The van der Waals surface area contributed by atoms with E-state index in [-0.39, 0.29) is 11.9 Å². The summed E-state index contributed by atoms with van der Waals surface area (Å²) in [5.41, 5.74) is 2.75. The lowest BCUT2D eigenvalue weighted by molar-refractivity contribution is 0.0606. The summed E-state index contributed by atoms with van der Waals surface area (Å²) in [6.07, 6.45) is 0. The van der Waals surface area contributed by atoms with Crippen LogP contribution in [0.3, 0.4) is 0 Å². The Hall–Kier alpha value is -2.35. The van der Waals surface area contributed by atoms with E-state index in [4.69, 9.17) is 11.6 Å². The second-order valence-corrected chi connectivity index (χ2v) is 6.72. The molecule has 2 aromatic rings. The molecule has 2 aromatic carbocycles. The maximum atomic E-state index is 12.6. The molecule has 1 amide bonds. The van der Waals surface area contributed by atoms with Gasteiger partial charge in [0.1, 0.15) is 6.04 Å². The summed E-state index contributed by atoms with van der Waals surface area (Å²) in [4.78, 5) is 16.6. The molecule has 1 saturated heterocycles. The second kappa shape index (κ2) is 7.69. The van der Waals surface area contributed by atoms with Gasteiger partial charge in [-0.2, -0.15) is 5.26 Å². The number of carbonyl (C=O) groups excluding carboxylic acids is 1. The van der Waals surface area contributed by atoms with Crippen LogP contribution in [0.5, 0.6) is 0 Å². The van der Waals surface area contributed by atoms with E-state index < -0.39 is 0 Å². The number of nitrogens with zero attached hydrogens (tertiary/aromatic N) is 3. The molecular formula is C20H20ClN3O. The van der Waals surface area contributed by atoms with E-state index >= 15 is 0 Å². The first-order valence-electron chi connectivity index (χ1n) is 8.33. The van der Waals surface area contributed by atoms with Crippen molar-refractivity contribution >= 4 is 17.5 Å². The molecule has 1 unspecified atom stereocenters. The summed E-state index contributed by atoms with van der Waals surface area (Å²) in [6.45, 7) is 4.58. The zero-order chi connectivity index (χ0) is 17.8. The van der Waals surface area contributed by atoms with Gasteiger partial charge in [0.2, 0.25) is 0 Å². The predicted molar refractivity (Wildman–Crippen MR) is 98.5 cm³/mol. The maximum absolute atomic E-state index is 12.6. The van der Waals surface area contributed by atoms with Crippen LogP contribution >= 0.6 is 11.6 Å². The molecule has 0 saturated carbocycles. The van der Waals surface area contributed by atoms with Gasteiger partial charge in [-0.05, 0) is 36.8 Å². The highest BCUT2D eigenvalue weighted by atomic mass is 35.5. The molecule has 0 N–H and O–H groups in total. The molecule has 1 aliphatic rings. The Morgan fingerprint density at radius 3 is 2.40 bits per heavy atom. The van der Waals surface area contributed by atoms with Crippen molar-refractivity contribution in [2.75, 3.05) is 26.2 Å². The second-order valence-electron chi connectivity index (χ2n) is 6.28. The third kappa shape index (κ3) is 4.01. The van der Waals surface area contributed by atoms with Gasteiger partial charge in [0, 0.05) is 36.8 Å². The Balaban J connectivity index is 1.65. The first-order chi connectivity index (χ1) is 12.1. The number of carbonyl (C=O) groups is 1. The van der Waals surface area contributed by atoms with Gasteiger partial charge in [0.15, 0.2) is 0 Å². The Labute approximate surface area is 153 Å². The van der Waals surface area contributed by atoms with Crippen LogP contribution in [0, 0.1) is 18.3 Å². The van der Waals surface area contributed by atoms with Crippen LogP contribution in [-0.4, -0.2) is 41.9 Å². The minimum absolute atomic E-state index is 0.0518. The topological polar surface area (TPSA) is 47.3 Å². The summed E-state index contributed by atoms with van der Waals surface area (Å²) in [5, 5.41) is 10.2. The van der Waals surface area contributed by atoms with Crippen molar-refractivity contribution in [1.29, 1.82) is 5.26 Å². The molecule has 25 heavy (non-hydrogen) atoms. The zero-order valence-corrected chi connectivity index (χ0v) is 14.9. The highest BCUT2D eigenvalue weighted by Crippen LogP contribution is 2.24. The van der Waals surface area contributed by atoms with E-state index in [1.165, 1.54) is 0 Å². The smallest absolute Gasteiger partial charge is 0.253 e. The van der Waals surface area contributed by atoms with E-state index in [1.807, 2.05) is 54.3 Å². The van der Waals surface area contributed by atoms with Crippen LogP contribution in [0.15, 0.2) is 48.5 Å². The van der Waals surface area contributed by atoms with E-state index in [0.717, 1.165) is 11.1 Å². The zero-order valence-electron chi connectivity index (χ0n) is 14.2. The largest absolute Gasteiger partial charge is 0.336 e. The SMILES string of the molecule is Cc1ccc(C(=O)N2CCN(C(C#N)c3cccc(Cl)c3)CC2)cc1. The van der Waals surface area contributed by atoms with Crippen molar-refractivity contribution in [3.05, 3.63) is 70.2 Å². The molecule has 1 atom stereocenters. The molecule has 1 fully saturated rings. The molecule has 0 radical (unpaired) electrons. The van der Waals surface area contributed by atoms with Crippen molar-refractivity contribution in [3.8, 4) is 6.07 Å². The van der Waals surface area contributed by atoms with Crippen LogP contribution in [-0.2, 0) is 0 Å². The van der Waals surface area contributed by atoms with Gasteiger partial charge in [-0.1, -0.05) is 41.4 Å². The number of benzene rings is 2. The van der Waals surface area contributed by atoms with E-state index in [2.05, 4.69) is 11.0 Å². The van der Waals surface area contributed by atoms with Gasteiger partial charge in [-0.3, -0.25) is 9.69 Å². The van der Waals surface area contributed by atoms with E-state index in [0.29, 0.717) is 36.8 Å². The lowest BCUT2D eigenvalue weighted by Crippen LogP contribution is -2.49. The van der Waals surface area contributed by atoms with Crippen LogP contribution < -0.4 is 0 Å². The Kier molecular flexibility index (Phi) is 5.37. The number of amides is 1. The van der Waals surface area contributed by atoms with Crippen LogP contribution in [0.4, 0.5) is 0 Å². The van der Waals surface area contributed by atoms with Crippen molar-refractivity contribution in [3.63, 3.8) is 0 Å². The molecular weight excluding hydrogens is 334 g/mol. The van der Waals surface area contributed by atoms with Gasteiger partial charge in [0.05, 0.1) is 6.07 Å². The van der Waals surface area contributed by atoms with Crippen molar-refractivity contribution in [2.45, 2.75) is 13.0 Å². The molecule has 0 bridgehead atoms. The first kappa shape index (κ1) is 17.5. The number of aryl methyl sites for hydroxylation is 1. The van der Waals surface area contributed by atoms with Gasteiger partial charge in [-0.25, -0.2) is 0 Å². The lowest BCUT2D eigenvalue weighted by Gasteiger charge is -2.37. The molecule has 0 spiro atoms. The van der Waals surface area contributed by atoms with Crippen molar-refractivity contribution < 1.29 is 4.79 Å². The fourth-order valence-corrected chi connectivity index (χ4v) is 3.30. The third-order valence-electron chi connectivity index (χ3n) is 4.55. The van der Waals surface area contributed by atoms with Gasteiger partial charge in [-0.15, -0.1) is 0 Å². The molecule has 1 heterocycles. The maximum Gasteiger partial charge on any atom is 0.253 e. The Bertz CT molecular complexity index is 789. The lowest BCUT2D eigenvalue weighted by atomic mass is 10.1. The number of nitriles is 1. The number of hydrogen-bond donors (Lipinski definition) is 0. The fourth-order valence-electron chi connectivity index (χ4n) is 3.11. The van der Waals surface area contributed by atoms with Crippen LogP contribution in [0.25, 0.3) is 0 Å². The van der Waals surface area contributed by atoms with Gasteiger partial charge < -0.3 is 4.90 Å². The normalized spacial score (nSPS) is 16.3. The molecule has 1 aliphatic heterocycles. The number of halogens is 1. The average Bonchev–Trinajstić information content (AvgIpc) is 2.63. The van der Waals surface area contributed by atoms with Crippen LogP contribution in [0.2, 0.25) is 5.02 Å². The first-order valence-corrected chi connectivity index (χ1v) is 8.71. The summed E-state index contributed by atoms with van der Waals surface area (Å²) in [7, 11) is 0. The van der Waals surface area contributed by atoms with E-state index in [9.17, 15) is 10.1 Å². The number of rotatable bonds is 3. The Morgan fingerprint density at radius 1 is 1.12 bits per heavy atom. The molecule has 3 rings (SSSR count). The predicted octanol–water partition coefficient (Wildman–Crippen LogP) is 3.67. The molecule has 5 heteroatoms. The molecule has 128 valence electrons. The minimum atomic E-state index is -0.338. The van der Waals surface area contributed by atoms with Crippen molar-refractivity contribution in [1.82, 2.24) is 9.80 Å². The molecule has 0 aliphatic carbocycles. The van der Waals surface area contributed by atoms with E-state index in [1.54, 1.807) is 6.07 Å². The van der Waals surface area contributed by atoms with Gasteiger partial charge >= 0.3 is 0 Å². The highest BCUT2D eigenvalue weighted by Gasteiger charge is 2.27. The number of hydrogen-bond acceptors (Lipinski definition) is 3. The third-order valence-corrected chi connectivity index (χ3v) is 4.79. The summed E-state index contributed by atoms with van der Waals surface area (Å²) in [6, 6.07) is 17.1. The van der Waals surface area contributed by atoms with Gasteiger partial charge in [0.25, 0.3) is 5.91 Å². The number of piperazine rings is 1. The average molecular weight is 354 g/mol. The summed E-state index contributed by atoms with van der Waals surface area (Å²) in [5.74, 6) is 0.0518. The monoisotopic (exact) mass is 353 g/mol. The standard InChI is InChI=1S/C20H20ClN3O/c1-15-5-7-16(8-6-15)20(25)24-11-9-23(10-12-24)19(14-22)17-3-2-4-18(21)13-17/h2-8,13,19H,9-12H2,1H3. The summed E-state index contributed by atoms with van der Waals surface area (Å²) >= 11 is 6.05. The quantitative estimate of drug-likeness (QED) is 0.845.